The number of sulfone groups is 1. The number of anilines is 2. The molecular formula is C33H37FN4O8S. The molecule has 2 aliphatic heterocycles. The number of likely N-dealkylation sites (tertiary alicyclic amines) is 1. The van der Waals surface area contributed by atoms with Crippen LogP contribution in [0.15, 0.2) is 59.5 Å². The Balaban J connectivity index is 0.000000298. The van der Waals surface area contributed by atoms with Gasteiger partial charge in [-0.2, -0.15) is 0 Å². The van der Waals surface area contributed by atoms with Gasteiger partial charge in [0.1, 0.15) is 11.9 Å². The minimum Gasteiger partial charge on any atom is -0.493 e. The summed E-state index contributed by atoms with van der Waals surface area (Å²) in [6, 6.07) is 13.2. The summed E-state index contributed by atoms with van der Waals surface area (Å²) < 4.78 is 51.8. The van der Waals surface area contributed by atoms with Gasteiger partial charge in [0, 0.05) is 48.4 Å². The monoisotopic (exact) mass is 668 g/mol. The van der Waals surface area contributed by atoms with E-state index < -0.39 is 27.8 Å². The maximum atomic E-state index is 14.5. The summed E-state index contributed by atoms with van der Waals surface area (Å²) in [5.74, 6) is 0.142. The molecule has 0 saturated carbocycles. The maximum absolute atomic E-state index is 14.5. The summed E-state index contributed by atoms with van der Waals surface area (Å²) in [6.45, 7) is 1.54. The van der Waals surface area contributed by atoms with Gasteiger partial charge in [-0.1, -0.05) is 6.07 Å². The van der Waals surface area contributed by atoms with E-state index in [1.807, 2.05) is 0 Å². The molecule has 12 nitrogen and oxygen atoms in total. The minimum atomic E-state index is -3.20. The smallest absolute Gasteiger partial charge is 0.411 e. The number of amides is 3. The fourth-order valence-corrected chi connectivity index (χ4v) is 5.56. The fourth-order valence-electron chi connectivity index (χ4n) is 4.93. The Morgan fingerprint density at radius 2 is 1.57 bits per heavy atom. The molecule has 1 unspecified atom stereocenters. The summed E-state index contributed by atoms with van der Waals surface area (Å²) in [4.78, 5) is 38.1. The lowest BCUT2D eigenvalue weighted by molar-refractivity contribution is -0.131. The van der Waals surface area contributed by atoms with Crippen LogP contribution in [0.3, 0.4) is 0 Å². The Morgan fingerprint density at radius 1 is 0.936 bits per heavy atom. The molecule has 3 N–H and O–H groups in total. The Morgan fingerprint density at radius 3 is 2.15 bits per heavy atom. The first-order valence-corrected chi connectivity index (χ1v) is 16.2. The summed E-state index contributed by atoms with van der Waals surface area (Å²) in [7, 11) is 1.12. The highest BCUT2D eigenvalue weighted by atomic mass is 32.2. The van der Waals surface area contributed by atoms with Gasteiger partial charge in [-0.3, -0.25) is 14.9 Å². The number of halogens is 1. The third kappa shape index (κ3) is 9.14. The van der Waals surface area contributed by atoms with E-state index in [4.69, 9.17) is 9.47 Å². The van der Waals surface area contributed by atoms with Crippen molar-refractivity contribution >= 4 is 39.1 Å². The number of nitrogens with zero attached hydrogens (tertiary/aromatic N) is 1. The number of hydrogen-bond acceptors (Lipinski definition) is 9. The predicted octanol–water partition coefficient (Wildman–Crippen LogP) is 4.38. The van der Waals surface area contributed by atoms with Crippen molar-refractivity contribution in [1.29, 1.82) is 0 Å². The van der Waals surface area contributed by atoms with E-state index in [2.05, 4.69) is 33.5 Å². The van der Waals surface area contributed by atoms with E-state index in [-0.39, 0.29) is 28.8 Å². The highest BCUT2D eigenvalue weighted by Gasteiger charge is 2.30. The number of terminal acetylenes is 1. The Hall–Kier alpha value is -5.29. The third-order valence-electron chi connectivity index (χ3n) is 7.30. The maximum Gasteiger partial charge on any atom is 0.411 e. The number of benzene rings is 3. The Kier molecular flexibility index (Phi) is 12.6. The largest absolute Gasteiger partial charge is 0.493 e. The number of hydrogen-bond donors (Lipinski definition) is 3. The molecular weight excluding hydrogens is 631 g/mol. The summed E-state index contributed by atoms with van der Waals surface area (Å²) in [6.07, 6.45) is 10.4. The average Bonchev–Trinajstić information content (AvgIpc) is 3.75. The normalized spacial score (nSPS) is 13.8. The molecule has 47 heavy (non-hydrogen) atoms. The zero-order valence-corrected chi connectivity index (χ0v) is 27.3. The lowest BCUT2D eigenvalue weighted by atomic mass is 10.0. The highest BCUT2D eigenvalue weighted by molar-refractivity contribution is 7.90. The van der Waals surface area contributed by atoms with Crippen LogP contribution in [-0.4, -0.2) is 71.9 Å². The summed E-state index contributed by atoms with van der Waals surface area (Å²) in [5.41, 5.74) is 2.15. The molecule has 2 aliphatic rings. The molecule has 0 aliphatic carbocycles. The van der Waals surface area contributed by atoms with Gasteiger partial charge in [0.05, 0.1) is 26.2 Å². The summed E-state index contributed by atoms with van der Waals surface area (Å²) >= 11 is 0. The van der Waals surface area contributed by atoms with Crippen molar-refractivity contribution in [2.24, 2.45) is 0 Å². The number of rotatable bonds is 8. The lowest BCUT2D eigenvalue weighted by Gasteiger charge is -2.26. The SMILES string of the molecule is C#C.COC(=O)Nc1ccc(S(C)(=O)=O)cc1.COc1ccc(C(Nc2cc(F)c3c(c2)C(=O)NC3)C(=O)N2CCCC2)cc1OC. The van der Waals surface area contributed by atoms with Gasteiger partial charge in [0.25, 0.3) is 5.91 Å². The molecule has 14 heteroatoms. The second-order valence-electron chi connectivity index (χ2n) is 10.3. The molecule has 2 heterocycles. The zero-order valence-electron chi connectivity index (χ0n) is 26.5. The lowest BCUT2D eigenvalue weighted by Crippen LogP contribution is -2.36. The topological polar surface area (TPSA) is 152 Å². The second kappa shape index (κ2) is 16.3. The number of methoxy groups -OCH3 is 3. The van der Waals surface area contributed by atoms with Gasteiger partial charge in [0.15, 0.2) is 21.3 Å². The molecule has 250 valence electrons. The molecule has 1 atom stereocenters. The van der Waals surface area contributed by atoms with E-state index in [0.29, 0.717) is 47.1 Å². The van der Waals surface area contributed by atoms with E-state index in [1.165, 1.54) is 44.6 Å². The zero-order chi connectivity index (χ0) is 34.7. The average molecular weight is 669 g/mol. The van der Waals surface area contributed by atoms with Crippen LogP contribution < -0.4 is 25.4 Å². The molecule has 1 fully saturated rings. The summed E-state index contributed by atoms with van der Waals surface area (Å²) in [5, 5.41) is 8.18. The van der Waals surface area contributed by atoms with Crippen molar-refractivity contribution in [2.45, 2.75) is 30.3 Å². The van der Waals surface area contributed by atoms with Crippen LogP contribution in [0.2, 0.25) is 0 Å². The van der Waals surface area contributed by atoms with Crippen LogP contribution in [0.4, 0.5) is 20.6 Å². The standard InChI is InChI=1S/C22H24FN3O4.C9H11NO4S.C2H2/c1-29-18-6-5-13(9-19(18)30-2)20(22(28)26-7-3-4-8-26)25-14-10-15-16(17(23)11-14)12-24-21(15)27;1-14-9(11)10-7-3-5-8(6-4-7)15(2,12)13;1-2/h5-6,9-11,20,25H,3-4,7-8,12H2,1-2H3,(H,24,27);3-6H,1-2H3,(H,10,11);1-2H. The molecule has 0 aromatic heterocycles. The van der Waals surface area contributed by atoms with E-state index in [9.17, 15) is 27.2 Å². The fraction of sp³-hybridized carbons (Fsp3) is 0.303. The van der Waals surface area contributed by atoms with Crippen LogP contribution in [0, 0.1) is 18.7 Å². The first-order chi connectivity index (χ1) is 22.4. The molecule has 1 saturated heterocycles. The highest BCUT2D eigenvalue weighted by Crippen LogP contribution is 2.33. The molecule has 5 rings (SSSR count). The van der Waals surface area contributed by atoms with Crippen LogP contribution >= 0.6 is 0 Å². The molecule has 0 spiro atoms. The molecule has 0 bridgehead atoms. The van der Waals surface area contributed by atoms with E-state index in [0.717, 1.165) is 19.1 Å². The number of carbonyl (C=O) groups excluding carboxylic acids is 3. The molecule has 3 amide bonds. The Labute approximate surface area is 273 Å². The van der Waals surface area contributed by atoms with Crippen LogP contribution in [0.1, 0.15) is 40.4 Å². The van der Waals surface area contributed by atoms with Crippen LogP contribution in [0.25, 0.3) is 0 Å². The van der Waals surface area contributed by atoms with Crippen molar-refractivity contribution < 1.29 is 41.4 Å². The quantitative estimate of drug-likeness (QED) is 0.297. The number of fused-ring (bicyclic) bond motifs is 1. The van der Waals surface area contributed by atoms with Crippen molar-refractivity contribution in [2.75, 3.05) is 51.3 Å². The predicted molar refractivity (Wildman–Crippen MR) is 175 cm³/mol. The Bertz CT molecular complexity index is 1720. The van der Waals surface area contributed by atoms with Crippen LogP contribution in [0.5, 0.6) is 11.5 Å². The molecule has 3 aromatic carbocycles. The number of carbonyl (C=O) groups is 3. The first-order valence-electron chi connectivity index (χ1n) is 14.3. The van der Waals surface area contributed by atoms with Gasteiger partial charge in [-0.05, 0) is 66.9 Å². The molecule has 3 aromatic rings. The van der Waals surface area contributed by atoms with Crippen molar-refractivity contribution in [3.8, 4) is 24.3 Å². The first kappa shape index (κ1) is 36.2. The van der Waals surface area contributed by atoms with Crippen molar-refractivity contribution in [3.05, 3.63) is 77.1 Å². The minimum absolute atomic E-state index is 0.106. The van der Waals surface area contributed by atoms with Crippen molar-refractivity contribution in [1.82, 2.24) is 10.2 Å². The van der Waals surface area contributed by atoms with Gasteiger partial charge in [-0.25, -0.2) is 17.6 Å². The van der Waals surface area contributed by atoms with E-state index >= 15 is 0 Å². The van der Waals surface area contributed by atoms with Gasteiger partial charge in [-0.15, -0.1) is 12.8 Å². The number of nitrogens with one attached hydrogen (secondary N) is 3. The van der Waals surface area contributed by atoms with Gasteiger partial charge >= 0.3 is 6.09 Å². The van der Waals surface area contributed by atoms with E-state index in [1.54, 1.807) is 36.3 Å². The van der Waals surface area contributed by atoms with Gasteiger partial charge in [0.2, 0.25) is 5.91 Å². The number of ether oxygens (including phenoxy) is 3. The van der Waals surface area contributed by atoms with Gasteiger partial charge < -0.3 is 29.7 Å². The van der Waals surface area contributed by atoms with Crippen molar-refractivity contribution in [3.63, 3.8) is 0 Å². The molecule has 0 radical (unpaired) electrons. The second-order valence-corrected chi connectivity index (χ2v) is 12.3. The van der Waals surface area contributed by atoms with Crippen LogP contribution in [-0.2, 0) is 25.9 Å². The third-order valence-corrected chi connectivity index (χ3v) is 8.43.